The molecule has 0 aliphatic carbocycles. The van der Waals surface area contributed by atoms with Gasteiger partial charge in [-0.25, -0.2) is 0 Å². The zero-order valence-corrected chi connectivity index (χ0v) is 16.3. The average molecular weight is 376 g/mol. The quantitative estimate of drug-likeness (QED) is 0.751. The van der Waals surface area contributed by atoms with Gasteiger partial charge in [-0.3, -0.25) is 14.5 Å². The molecular formula is C23H24N2O3. The van der Waals surface area contributed by atoms with E-state index in [4.69, 9.17) is 4.74 Å². The summed E-state index contributed by atoms with van der Waals surface area (Å²) >= 11 is 0. The van der Waals surface area contributed by atoms with Gasteiger partial charge >= 0.3 is 0 Å². The summed E-state index contributed by atoms with van der Waals surface area (Å²) in [7, 11) is 1.60. The molecule has 0 unspecified atom stereocenters. The molecule has 0 atom stereocenters. The number of carbonyl (C=O) groups is 2. The second-order valence-electron chi connectivity index (χ2n) is 7.29. The predicted molar refractivity (Wildman–Crippen MR) is 107 cm³/mol. The van der Waals surface area contributed by atoms with Crippen LogP contribution in [0.4, 0.5) is 0 Å². The number of aryl methyl sites for hydroxylation is 1. The number of ether oxygens (including phenoxy) is 1. The number of imide groups is 1. The van der Waals surface area contributed by atoms with E-state index in [1.165, 1.54) is 4.90 Å². The molecular weight excluding hydrogens is 352 g/mol. The lowest BCUT2D eigenvalue weighted by atomic mass is 10.0. The van der Waals surface area contributed by atoms with Gasteiger partial charge in [0.1, 0.15) is 11.4 Å². The maximum Gasteiger partial charge on any atom is 0.278 e. The van der Waals surface area contributed by atoms with Gasteiger partial charge in [0.15, 0.2) is 0 Å². The van der Waals surface area contributed by atoms with Crippen LogP contribution in [0.25, 0.3) is 5.57 Å². The van der Waals surface area contributed by atoms with Crippen molar-refractivity contribution >= 4 is 17.4 Å². The number of para-hydroxylation sites is 1. The van der Waals surface area contributed by atoms with Crippen molar-refractivity contribution in [3.63, 3.8) is 0 Å². The zero-order valence-electron chi connectivity index (χ0n) is 16.3. The molecule has 1 saturated heterocycles. The van der Waals surface area contributed by atoms with Crippen molar-refractivity contribution in [2.45, 2.75) is 26.3 Å². The first-order valence-electron chi connectivity index (χ1n) is 9.64. The lowest BCUT2D eigenvalue weighted by Gasteiger charge is -2.20. The molecule has 28 heavy (non-hydrogen) atoms. The summed E-state index contributed by atoms with van der Waals surface area (Å²) in [6, 6.07) is 15.3. The lowest BCUT2D eigenvalue weighted by molar-refractivity contribution is -0.138. The number of methoxy groups -OCH3 is 1. The minimum atomic E-state index is -0.235. The number of amides is 2. The third kappa shape index (κ3) is 3.17. The van der Waals surface area contributed by atoms with Crippen molar-refractivity contribution in [2.75, 3.05) is 20.2 Å². The molecule has 0 N–H and O–H groups in total. The van der Waals surface area contributed by atoms with Crippen LogP contribution in [-0.4, -0.2) is 41.8 Å². The van der Waals surface area contributed by atoms with Crippen molar-refractivity contribution in [2.24, 2.45) is 0 Å². The van der Waals surface area contributed by atoms with Crippen LogP contribution in [0, 0.1) is 6.92 Å². The first kappa shape index (κ1) is 18.3. The second-order valence-corrected chi connectivity index (χ2v) is 7.29. The van der Waals surface area contributed by atoms with Crippen LogP contribution in [0.3, 0.4) is 0 Å². The zero-order chi connectivity index (χ0) is 19.7. The van der Waals surface area contributed by atoms with E-state index in [0.29, 0.717) is 17.0 Å². The molecule has 0 saturated carbocycles. The Morgan fingerprint density at radius 1 is 0.929 bits per heavy atom. The Morgan fingerprint density at radius 2 is 1.61 bits per heavy atom. The molecule has 5 nitrogen and oxygen atoms in total. The van der Waals surface area contributed by atoms with E-state index < -0.39 is 0 Å². The molecule has 0 aromatic heterocycles. The number of hydrogen-bond acceptors (Lipinski definition) is 4. The van der Waals surface area contributed by atoms with E-state index in [9.17, 15) is 9.59 Å². The topological polar surface area (TPSA) is 49.9 Å². The van der Waals surface area contributed by atoms with Crippen molar-refractivity contribution < 1.29 is 14.3 Å². The van der Waals surface area contributed by atoms with Crippen LogP contribution in [0.1, 0.15) is 29.5 Å². The fourth-order valence-electron chi connectivity index (χ4n) is 3.93. The molecule has 0 radical (unpaired) electrons. The smallest absolute Gasteiger partial charge is 0.278 e. The van der Waals surface area contributed by atoms with E-state index >= 15 is 0 Å². The highest BCUT2D eigenvalue weighted by Crippen LogP contribution is 2.35. The van der Waals surface area contributed by atoms with Crippen LogP contribution in [0.5, 0.6) is 5.75 Å². The summed E-state index contributed by atoms with van der Waals surface area (Å²) in [6.45, 7) is 3.84. The molecule has 0 spiro atoms. The van der Waals surface area contributed by atoms with Crippen LogP contribution in [-0.2, 0) is 16.1 Å². The molecule has 2 heterocycles. The largest absolute Gasteiger partial charge is 0.496 e. The summed E-state index contributed by atoms with van der Waals surface area (Å²) in [5.74, 6) is 0.227. The van der Waals surface area contributed by atoms with Crippen LogP contribution in [0.15, 0.2) is 54.2 Å². The van der Waals surface area contributed by atoms with Gasteiger partial charge in [-0.1, -0.05) is 48.0 Å². The van der Waals surface area contributed by atoms with E-state index in [1.54, 1.807) is 7.11 Å². The number of carbonyl (C=O) groups excluding carboxylic acids is 2. The van der Waals surface area contributed by atoms with Crippen molar-refractivity contribution in [1.29, 1.82) is 0 Å². The minimum Gasteiger partial charge on any atom is -0.496 e. The van der Waals surface area contributed by atoms with E-state index in [0.717, 1.165) is 42.6 Å². The summed E-state index contributed by atoms with van der Waals surface area (Å²) in [6.07, 6.45) is 2.08. The Labute approximate surface area is 165 Å². The Bertz CT molecular complexity index is 941. The van der Waals surface area contributed by atoms with Crippen LogP contribution >= 0.6 is 0 Å². The molecule has 1 fully saturated rings. The van der Waals surface area contributed by atoms with Gasteiger partial charge in [-0.15, -0.1) is 0 Å². The Hall–Kier alpha value is -3.08. The van der Waals surface area contributed by atoms with Crippen molar-refractivity contribution in [3.8, 4) is 5.75 Å². The average Bonchev–Trinajstić information content (AvgIpc) is 3.31. The van der Waals surface area contributed by atoms with E-state index in [-0.39, 0.29) is 18.4 Å². The summed E-state index contributed by atoms with van der Waals surface area (Å²) < 4.78 is 5.40. The fraction of sp³-hybridized carbons (Fsp3) is 0.304. The monoisotopic (exact) mass is 376 g/mol. The number of hydrogen-bond donors (Lipinski definition) is 0. The predicted octanol–water partition coefficient (Wildman–Crippen LogP) is 3.38. The number of likely N-dealkylation sites (tertiary alicyclic amines) is 1. The first-order valence-corrected chi connectivity index (χ1v) is 9.64. The standard InChI is InChI=1S/C23H24N2O3/c1-16-9-11-17(12-10-16)20-21(24-13-5-6-14-24)23(27)25(22(20)26)15-18-7-3-4-8-19(18)28-2/h3-4,7-12H,5-6,13-15H2,1-2H3. The summed E-state index contributed by atoms with van der Waals surface area (Å²) in [5, 5.41) is 0. The first-order chi connectivity index (χ1) is 13.6. The molecule has 2 amide bonds. The van der Waals surface area contributed by atoms with Crippen LogP contribution < -0.4 is 4.74 Å². The molecule has 2 aliphatic rings. The highest BCUT2D eigenvalue weighted by Gasteiger charge is 2.42. The molecule has 2 aromatic carbocycles. The van der Waals surface area contributed by atoms with E-state index in [1.807, 2.05) is 55.5 Å². The molecule has 2 aromatic rings. The van der Waals surface area contributed by atoms with Gasteiger partial charge in [-0.05, 0) is 31.4 Å². The lowest BCUT2D eigenvalue weighted by Crippen LogP contribution is -2.34. The van der Waals surface area contributed by atoms with Crippen LogP contribution in [0.2, 0.25) is 0 Å². The van der Waals surface area contributed by atoms with Gasteiger partial charge in [0.25, 0.3) is 11.8 Å². The number of rotatable bonds is 5. The Balaban J connectivity index is 1.74. The number of nitrogens with zero attached hydrogens (tertiary/aromatic N) is 2. The molecule has 0 bridgehead atoms. The maximum absolute atomic E-state index is 13.4. The molecule has 4 rings (SSSR count). The second kappa shape index (κ2) is 7.50. The van der Waals surface area contributed by atoms with E-state index in [2.05, 4.69) is 4.90 Å². The van der Waals surface area contributed by atoms with Gasteiger partial charge < -0.3 is 9.64 Å². The van der Waals surface area contributed by atoms with Crippen molar-refractivity contribution in [1.82, 2.24) is 9.80 Å². The minimum absolute atomic E-state index is 0.203. The Kier molecular flexibility index (Phi) is 4.90. The molecule has 2 aliphatic heterocycles. The van der Waals surface area contributed by atoms with Gasteiger partial charge in [0.05, 0.1) is 19.2 Å². The fourth-order valence-corrected chi connectivity index (χ4v) is 3.93. The SMILES string of the molecule is COc1ccccc1CN1C(=O)C(c2ccc(C)cc2)=C(N2CCCC2)C1=O. The normalized spacial score (nSPS) is 17.1. The van der Waals surface area contributed by atoms with Gasteiger partial charge in [-0.2, -0.15) is 0 Å². The number of benzene rings is 2. The maximum atomic E-state index is 13.4. The van der Waals surface area contributed by atoms with Gasteiger partial charge in [0.2, 0.25) is 0 Å². The highest BCUT2D eigenvalue weighted by atomic mass is 16.5. The summed E-state index contributed by atoms with van der Waals surface area (Å²) in [5.41, 5.74) is 3.80. The Morgan fingerprint density at radius 3 is 2.29 bits per heavy atom. The molecule has 5 heteroatoms. The highest BCUT2D eigenvalue weighted by molar-refractivity contribution is 6.35. The third-order valence-corrected chi connectivity index (χ3v) is 5.43. The summed E-state index contributed by atoms with van der Waals surface area (Å²) in [4.78, 5) is 30.1. The van der Waals surface area contributed by atoms with Crippen molar-refractivity contribution in [3.05, 3.63) is 70.9 Å². The van der Waals surface area contributed by atoms with Gasteiger partial charge in [0, 0.05) is 18.7 Å². The third-order valence-electron chi connectivity index (χ3n) is 5.43. The molecule has 144 valence electrons.